The third-order valence-corrected chi connectivity index (χ3v) is 4.40. The normalized spacial score (nSPS) is 18.6. The monoisotopic (exact) mass is 346 g/mol. The van der Waals surface area contributed by atoms with Crippen molar-refractivity contribution in [3.8, 4) is 0 Å². The highest BCUT2D eigenvalue weighted by Gasteiger charge is 2.24. The van der Waals surface area contributed by atoms with Crippen molar-refractivity contribution in [1.29, 1.82) is 0 Å². The molecular formula is C16H19BrN4. The molecule has 0 radical (unpaired) electrons. The molecule has 110 valence electrons. The average molecular weight is 347 g/mol. The molecular weight excluding hydrogens is 328 g/mol. The molecule has 0 amide bonds. The predicted molar refractivity (Wildman–Crippen MR) is 89.8 cm³/mol. The van der Waals surface area contributed by atoms with Gasteiger partial charge in [-0.2, -0.15) is 0 Å². The van der Waals surface area contributed by atoms with E-state index in [1.54, 1.807) is 12.4 Å². The highest BCUT2D eigenvalue weighted by atomic mass is 79.9. The lowest BCUT2D eigenvalue weighted by Gasteiger charge is -2.38. The minimum Gasteiger partial charge on any atom is -0.369 e. The van der Waals surface area contributed by atoms with Crippen LogP contribution in [0.25, 0.3) is 0 Å². The van der Waals surface area contributed by atoms with Crippen molar-refractivity contribution >= 4 is 27.6 Å². The van der Waals surface area contributed by atoms with E-state index in [-0.39, 0.29) is 0 Å². The van der Waals surface area contributed by atoms with Gasteiger partial charge < -0.3 is 9.80 Å². The highest BCUT2D eigenvalue weighted by Crippen LogP contribution is 2.23. The minimum absolute atomic E-state index is 0.445. The van der Waals surface area contributed by atoms with Crippen LogP contribution in [-0.4, -0.2) is 36.1 Å². The standard InChI is InChI=1S/C16H19BrN4/c1-20(16-18-10-13(17)11-19-16)15-8-5-9-21(12-15)14-6-3-2-4-7-14/h2-4,6-7,10-11,15H,5,8-9,12H2,1H3. The smallest absolute Gasteiger partial charge is 0.225 e. The molecule has 1 aliphatic heterocycles. The summed E-state index contributed by atoms with van der Waals surface area (Å²) in [5.41, 5.74) is 1.30. The molecule has 0 saturated carbocycles. The van der Waals surface area contributed by atoms with Gasteiger partial charge >= 0.3 is 0 Å². The van der Waals surface area contributed by atoms with Crippen LogP contribution >= 0.6 is 15.9 Å². The Kier molecular flexibility index (Phi) is 4.39. The quantitative estimate of drug-likeness (QED) is 0.853. The lowest BCUT2D eigenvalue weighted by atomic mass is 10.0. The molecule has 5 heteroatoms. The fraction of sp³-hybridized carbons (Fsp3) is 0.375. The van der Waals surface area contributed by atoms with Gasteiger partial charge in [-0.05, 0) is 40.9 Å². The van der Waals surface area contributed by atoms with E-state index in [4.69, 9.17) is 0 Å². The maximum absolute atomic E-state index is 4.40. The van der Waals surface area contributed by atoms with E-state index in [0.29, 0.717) is 6.04 Å². The first-order valence-corrected chi connectivity index (χ1v) is 8.04. The zero-order chi connectivity index (χ0) is 14.7. The van der Waals surface area contributed by atoms with Crippen LogP contribution in [0.2, 0.25) is 0 Å². The largest absolute Gasteiger partial charge is 0.369 e. The number of likely N-dealkylation sites (N-methyl/N-ethyl adjacent to an activating group) is 1. The number of nitrogens with zero attached hydrogens (tertiary/aromatic N) is 4. The van der Waals surface area contributed by atoms with Crippen molar-refractivity contribution in [2.75, 3.05) is 29.9 Å². The molecule has 1 aliphatic rings. The molecule has 2 heterocycles. The summed E-state index contributed by atoms with van der Waals surface area (Å²) in [5.74, 6) is 0.790. The van der Waals surface area contributed by atoms with Gasteiger partial charge in [0.1, 0.15) is 0 Å². The average Bonchev–Trinajstić information content (AvgIpc) is 2.56. The molecule has 0 N–H and O–H groups in total. The van der Waals surface area contributed by atoms with Crippen molar-refractivity contribution in [2.45, 2.75) is 18.9 Å². The predicted octanol–water partition coefficient (Wildman–Crippen LogP) is 3.34. The van der Waals surface area contributed by atoms with Crippen molar-refractivity contribution in [1.82, 2.24) is 9.97 Å². The van der Waals surface area contributed by atoms with Gasteiger partial charge in [0.25, 0.3) is 0 Å². The SMILES string of the molecule is CN(c1ncc(Br)cn1)C1CCCN(c2ccccc2)C1. The van der Waals surface area contributed by atoms with Crippen molar-refractivity contribution in [2.24, 2.45) is 0 Å². The third-order valence-electron chi connectivity index (χ3n) is 3.99. The molecule has 21 heavy (non-hydrogen) atoms. The van der Waals surface area contributed by atoms with Gasteiger partial charge in [-0.25, -0.2) is 9.97 Å². The molecule has 0 bridgehead atoms. The molecule has 1 atom stereocenters. The van der Waals surface area contributed by atoms with Crippen LogP contribution in [0.1, 0.15) is 12.8 Å². The number of hydrogen-bond donors (Lipinski definition) is 0. The first kappa shape index (κ1) is 14.3. The lowest BCUT2D eigenvalue weighted by molar-refractivity contribution is 0.483. The van der Waals surface area contributed by atoms with E-state index in [2.05, 4.69) is 73.1 Å². The molecule has 1 fully saturated rings. The number of para-hydroxylation sites is 1. The summed E-state index contributed by atoms with van der Waals surface area (Å²) in [5, 5.41) is 0. The van der Waals surface area contributed by atoms with Crippen LogP contribution in [0.4, 0.5) is 11.6 Å². The topological polar surface area (TPSA) is 32.3 Å². The Morgan fingerprint density at radius 2 is 1.90 bits per heavy atom. The third kappa shape index (κ3) is 3.35. The van der Waals surface area contributed by atoms with Crippen LogP contribution in [-0.2, 0) is 0 Å². The van der Waals surface area contributed by atoms with Crippen molar-refractivity contribution in [3.63, 3.8) is 0 Å². The second-order valence-corrected chi connectivity index (χ2v) is 6.31. The van der Waals surface area contributed by atoms with E-state index in [1.807, 2.05) is 0 Å². The van der Waals surface area contributed by atoms with Gasteiger partial charge in [0.05, 0.1) is 4.47 Å². The fourth-order valence-corrected chi connectivity index (χ4v) is 3.00. The van der Waals surface area contributed by atoms with Crippen LogP contribution in [0.15, 0.2) is 47.2 Å². The van der Waals surface area contributed by atoms with E-state index in [0.717, 1.165) is 23.5 Å². The first-order chi connectivity index (χ1) is 10.2. The Morgan fingerprint density at radius 1 is 1.19 bits per heavy atom. The Balaban J connectivity index is 1.72. The molecule has 2 aromatic rings. The molecule has 1 saturated heterocycles. The van der Waals surface area contributed by atoms with Gasteiger partial charge in [0.2, 0.25) is 5.95 Å². The Hall–Kier alpha value is -1.62. The summed E-state index contributed by atoms with van der Waals surface area (Å²) in [4.78, 5) is 13.4. The van der Waals surface area contributed by atoms with Gasteiger partial charge in [-0.1, -0.05) is 18.2 Å². The molecule has 1 unspecified atom stereocenters. The maximum atomic E-state index is 4.40. The van der Waals surface area contributed by atoms with Gasteiger partial charge in [-0.3, -0.25) is 0 Å². The van der Waals surface area contributed by atoms with E-state index >= 15 is 0 Å². The van der Waals surface area contributed by atoms with Gasteiger partial charge in [0.15, 0.2) is 0 Å². The van der Waals surface area contributed by atoms with Gasteiger partial charge in [0, 0.05) is 44.3 Å². The second kappa shape index (κ2) is 6.43. The fourth-order valence-electron chi connectivity index (χ4n) is 2.80. The number of benzene rings is 1. The summed E-state index contributed by atoms with van der Waals surface area (Å²) < 4.78 is 0.911. The summed E-state index contributed by atoms with van der Waals surface area (Å²) in [7, 11) is 2.09. The first-order valence-electron chi connectivity index (χ1n) is 7.24. The molecule has 0 spiro atoms. The summed E-state index contributed by atoms with van der Waals surface area (Å²) in [6.07, 6.45) is 5.98. The van der Waals surface area contributed by atoms with E-state index < -0.39 is 0 Å². The van der Waals surface area contributed by atoms with Crippen LogP contribution in [0.3, 0.4) is 0 Å². The zero-order valence-electron chi connectivity index (χ0n) is 12.1. The molecule has 4 nitrogen and oxygen atoms in total. The highest BCUT2D eigenvalue weighted by molar-refractivity contribution is 9.10. The Morgan fingerprint density at radius 3 is 2.62 bits per heavy atom. The molecule has 3 rings (SSSR count). The number of anilines is 2. The summed E-state index contributed by atoms with van der Waals surface area (Å²) in [6.45, 7) is 2.13. The zero-order valence-corrected chi connectivity index (χ0v) is 13.7. The van der Waals surface area contributed by atoms with Crippen LogP contribution in [0, 0.1) is 0 Å². The van der Waals surface area contributed by atoms with Crippen LogP contribution < -0.4 is 9.80 Å². The van der Waals surface area contributed by atoms with Crippen molar-refractivity contribution in [3.05, 3.63) is 47.2 Å². The maximum Gasteiger partial charge on any atom is 0.225 e. The molecule has 1 aromatic carbocycles. The number of rotatable bonds is 3. The van der Waals surface area contributed by atoms with E-state index in [9.17, 15) is 0 Å². The lowest BCUT2D eigenvalue weighted by Crippen LogP contribution is -2.47. The minimum atomic E-state index is 0.445. The number of halogens is 1. The Labute approximate surface area is 133 Å². The van der Waals surface area contributed by atoms with Crippen molar-refractivity contribution < 1.29 is 0 Å². The second-order valence-electron chi connectivity index (χ2n) is 5.39. The molecule has 1 aromatic heterocycles. The number of aromatic nitrogens is 2. The van der Waals surface area contributed by atoms with Crippen LogP contribution in [0.5, 0.6) is 0 Å². The molecule has 0 aliphatic carbocycles. The number of piperidine rings is 1. The number of hydrogen-bond acceptors (Lipinski definition) is 4. The summed E-state index contributed by atoms with van der Waals surface area (Å²) >= 11 is 3.38. The Bertz CT molecular complexity index is 573. The van der Waals surface area contributed by atoms with E-state index in [1.165, 1.54) is 18.5 Å². The summed E-state index contributed by atoms with van der Waals surface area (Å²) in [6, 6.07) is 11.1. The van der Waals surface area contributed by atoms with Gasteiger partial charge in [-0.15, -0.1) is 0 Å².